The van der Waals surface area contributed by atoms with Gasteiger partial charge in [0.25, 0.3) is 0 Å². The first-order valence-corrected chi connectivity index (χ1v) is 7.08. The number of H-pyrrole nitrogens is 1. The number of nitrogens with one attached hydrogen (secondary N) is 1. The summed E-state index contributed by atoms with van der Waals surface area (Å²) in [4.78, 5) is 14.1. The van der Waals surface area contributed by atoms with Crippen LogP contribution < -0.4 is 4.87 Å². The first-order chi connectivity index (χ1) is 9.31. The van der Waals surface area contributed by atoms with Crippen molar-refractivity contribution < 1.29 is 0 Å². The van der Waals surface area contributed by atoms with Crippen LogP contribution in [-0.4, -0.2) is 4.98 Å². The molecule has 0 saturated heterocycles. The van der Waals surface area contributed by atoms with Gasteiger partial charge in [0.05, 0.1) is 5.69 Å². The Morgan fingerprint density at radius 1 is 1.00 bits per heavy atom. The van der Waals surface area contributed by atoms with Gasteiger partial charge in [-0.25, -0.2) is 0 Å². The number of hydrogen-bond donors (Lipinski definition) is 1. The molecule has 1 N–H and O–H groups in total. The second-order valence-corrected chi connectivity index (χ2v) is 5.61. The van der Waals surface area contributed by atoms with Gasteiger partial charge >= 0.3 is 4.87 Å². The van der Waals surface area contributed by atoms with Gasteiger partial charge in [0.15, 0.2) is 0 Å². The third kappa shape index (κ3) is 1.66. The Hall–Kier alpha value is -2.13. The summed E-state index contributed by atoms with van der Waals surface area (Å²) in [6.45, 7) is 0. The topological polar surface area (TPSA) is 32.9 Å². The molecule has 0 atom stereocenters. The fourth-order valence-electron chi connectivity index (χ4n) is 2.73. The predicted octanol–water partition coefficient (Wildman–Crippen LogP) is 3.67. The summed E-state index contributed by atoms with van der Waals surface area (Å²) in [5.74, 6) is 0. The van der Waals surface area contributed by atoms with Crippen molar-refractivity contribution in [3.63, 3.8) is 0 Å². The van der Waals surface area contributed by atoms with E-state index in [2.05, 4.69) is 47.4 Å². The molecule has 0 saturated carbocycles. The van der Waals surface area contributed by atoms with Crippen molar-refractivity contribution in [3.8, 4) is 22.4 Å². The molecule has 3 heteroatoms. The van der Waals surface area contributed by atoms with Crippen LogP contribution in [-0.2, 0) is 6.42 Å². The number of benzene rings is 2. The largest absolute Gasteiger partial charge is 0.312 e. The fourth-order valence-corrected chi connectivity index (χ4v) is 3.32. The number of aromatic nitrogens is 1. The van der Waals surface area contributed by atoms with Crippen LogP contribution in [0.25, 0.3) is 22.4 Å². The molecule has 0 amide bonds. The molecule has 0 spiro atoms. The average Bonchev–Trinajstić information content (AvgIpc) is 3.01. The number of fused-ring (bicyclic) bond motifs is 3. The molecule has 0 fully saturated rings. The van der Waals surface area contributed by atoms with Crippen LogP contribution in [0, 0.1) is 0 Å². The Bertz CT molecular complexity index is 829. The summed E-state index contributed by atoms with van der Waals surface area (Å²) in [7, 11) is 0. The van der Waals surface area contributed by atoms with E-state index in [0.717, 1.165) is 17.7 Å². The zero-order chi connectivity index (χ0) is 12.8. The molecular weight excluding hydrogens is 254 g/mol. The maximum atomic E-state index is 11.2. The number of hydrogen-bond acceptors (Lipinski definition) is 2. The normalized spacial score (nSPS) is 12.2. The summed E-state index contributed by atoms with van der Waals surface area (Å²) < 4.78 is 0. The lowest BCUT2D eigenvalue weighted by Crippen LogP contribution is -1.92. The Kier molecular flexibility index (Phi) is 2.23. The van der Waals surface area contributed by atoms with Crippen molar-refractivity contribution in [1.29, 1.82) is 0 Å². The quantitative estimate of drug-likeness (QED) is 0.559. The molecular formula is C16H11NOS. The zero-order valence-corrected chi connectivity index (χ0v) is 11.0. The maximum Gasteiger partial charge on any atom is 0.304 e. The molecule has 0 unspecified atom stereocenters. The first-order valence-electron chi connectivity index (χ1n) is 6.21. The zero-order valence-electron chi connectivity index (χ0n) is 10.1. The lowest BCUT2D eigenvalue weighted by molar-refractivity contribution is 1.26. The van der Waals surface area contributed by atoms with E-state index in [0.29, 0.717) is 0 Å². The van der Waals surface area contributed by atoms with Crippen LogP contribution in [0.15, 0.2) is 52.6 Å². The Morgan fingerprint density at radius 2 is 1.84 bits per heavy atom. The van der Waals surface area contributed by atoms with Gasteiger partial charge in [-0.3, -0.25) is 4.79 Å². The Labute approximate surface area is 114 Å². The van der Waals surface area contributed by atoms with Crippen molar-refractivity contribution in [1.82, 2.24) is 4.98 Å². The van der Waals surface area contributed by atoms with Gasteiger partial charge in [-0.15, -0.1) is 0 Å². The smallest absolute Gasteiger partial charge is 0.304 e. The maximum absolute atomic E-state index is 11.2. The molecule has 2 nitrogen and oxygen atoms in total. The lowest BCUT2D eigenvalue weighted by Gasteiger charge is -2.03. The van der Waals surface area contributed by atoms with Gasteiger partial charge in [0.2, 0.25) is 0 Å². The standard InChI is InChI=1S/C16H11NOS/c18-16-17-15(9-19-16)11-5-6-14-12(8-11)7-10-3-1-2-4-13(10)14/h1-6,8-9H,7H2,(H,17,18). The minimum atomic E-state index is -0.00113. The average molecular weight is 265 g/mol. The second-order valence-electron chi connectivity index (χ2n) is 4.77. The molecule has 92 valence electrons. The van der Waals surface area contributed by atoms with E-state index in [4.69, 9.17) is 0 Å². The molecule has 19 heavy (non-hydrogen) atoms. The van der Waals surface area contributed by atoms with Crippen LogP contribution in [0.2, 0.25) is 0 Å². The highest BCUT2D eigenvalue weighted by Crippen LogP contribution is 2.38. The van der Waals surface area contributed by atoms with Crippen LogP contribution in [0.4, 0.5) is 0 Å². The summed E-state index contributed by atoms with van der Waals surface area (Å²) in [6.07, 6.45) is 0.980. The minimum Gasteiger partial charge on any atom is -0.312 e. The molecule has 1 aliphatic rings. The molecule has 2 aromatic carbocycles. The summed E-state index contributed by atoms with van der Waals surface area (Å²) in [5.41, 5.74) is 7.37. The minimum absolute atomic E-state index is 0.00113. The highest BCUT2D eigenvalue weighted by molar-refractivity contribution is 7.07. The number of thiazole rings is 1. The van der Waals surface area contributed by atoms with Gasteiger partial charge in [-0.2, -0.15) is 0 Å². The van der Waals surface area contributed by atoms with Crippen molar-refractivity contribution >= 4 is 11.3 Å². The van der Waals surface area contributed by atoms with Crippen LogP contribution in [0.3, 0.4) is 0 Å². The number of rotatable bonds is 1. The highest BCUT2D eigenvalue weighted by Gasteiger charge is 2.18. The molecule has 1 heterocycles. The molecule has 4 rings (SSSR count). The SMILES string of the molecule is O=c1[nH]c(-c2ccc3c(c2)Cc2ccccc2-3)cs1. The summed E-state index contributed by atoms with van der Waals surface area (Å²) in [6, 6.07) is 15.0. The van der Waals surface area contributed by atoms with E-state index in [1.807, 2.05) is 5.38 Å². The monoisotopic (exact) mass is 265 g/mol. The fraction of sp³-hybridized carbons (Fsp3) is 0.0625. The van der Waals surface area contributed by atoms with Crippen molar-refractivity contribution in [3.05, 3.63) is 68.6 Å². The Balaban J connectivity index is 1.86. The summed E-state index contributed by atoms with van der Waals surface area (Å²) >= 11 is 1.21. The summed E-state index contributed by atoms with van der Waals surface area (Å²) in [5, 5.41) is 1.88. The first kappa shape index (κ1) is 10.8. The molecule has 3 aromatic rings. The van der Waals surface area contributed by atoms with Gasteiger partial charge in [0.1, 0.15) is 0 Å². The van der Waals surface area contributed by atoms with Gasteiger partial charge in [-0.1, -0.05) is 47.7 Å². The van der Waals surface area contributed by atoms with Crippen LogP contribution in [0.1, 0.15) is 11.1 Å². The van der Waals surface area contributed by atoms with Gasteiger partial charge in [-0.05, 0) is 40.3 Å². The lowest BCUT2D eigenvalue weighted by atomic mass is 10.0. The third-order valence-corrected chi connectivity index (χ3v) is 4.29. The van der Waals surface area contributed by atoms with Gasteiger partial charge < -0.3 is 4.98 Å². The van der Waals surface area contributed by atoms with E-state index in [9.17, 15) is 4.79 Å². The molecule has 0 radical (unpaired) electrons. The van der Waals surface area contributed by atoms with Crippen molar-refractivity contribution in [2.75, 3.05) is 0 Å². The van der Waals surface area contributed by atoms with Crippen molar-refractivity contribution in [2.45, 2.75) is 6.42 Å². The number of aromatic amines is 1. The van der Waals surface area contributed by atoms with E-state index in [-0.39, 0.29) is 4.87 Å². The second kappa shape index (κ2) is 3.93. The van der Waals surface area contributed by atoms with Gasteiger partial charge in [0, 0.05) is 5.38 Å². The molecule has 1 aliphatic carbocycles. The van der Waals surface area contributed by atoms with E-state index in [1.165, 1.54) is 33.6 Å². The highest BCUT2D eigenvalue weighted by atomic mass is 32.1. The van der Waals surface area contributed by atoms with Crippen LogP contribution in [0.5, 0.6) is 0 Å². The molecule has 0 bridgehead atoms. The molecule has 1 aromatic heterocycles. The van der Waals surface area contributed by atoms with Crippen molar-refractivity contribution in [2.24, 2.45) is 0 Å². The Morgan fingerprint density at radius 3 is 2.68 bits per heavy atom. The predicted molar refractivity (Wildman–Crippen MR) is 78.6 cm³/mol. The molecule has 0 aliphatic heterocycles. The van der Waals surface area contributed by atoms with E-state index >= 15 is 0 Å². The van der Waals surface area contributed by atoms with Crippen LogP contribution >= 0.6 is 11.3 Å². The van der Waals surface area contributed by atoms with E-state index < -0.39 is 0 Å². The van der Waals surface area contributed by atoms with E-state index in [1.54, 1.807) is 0 Å². The third-order valence-electron chi connectivity index (χ3n) is 3.63.